The molecule has 1 aliphatic rings. The zero-order valence-electron chi connectivity index (χ0n) is 12.0. The Morgan fingerprint density at radius 2 is 1.89 bits per heavy atom. The third kappa shape index (κ3) is 5.32. The number of ether oxygens (including phenoxy) is 2. The van der Waals surface area contributed by atoms with Gasteiger partial charge in [-0.15, -0.1) is 0 Å². The Hall–Kier alpha value is -1.52. The summed E-state index contributed by atoms with van der Waals surface area (Å²) in [6.45, 7) is 7.00. The quantitative estimate of drug-likeness (QED) is 0.581. The van der Waals surface area contributed by atoms with Crippen LogP contribution in [0.15, 0.2) is 11.6 Å². The van der Waals surface area contributed by atoms with Crippen molar-refractivity contribution >= 4 is 12.1 Å². The highest BCUT2D eigenvalue weighted by atomic mass is 16.6. The molecular weight excluding hydrogens is 246 g/mol. The van der Waals surface area contributed by atoms with Crippen LogP contribution in [-0.4, -0.2) is 42.8 Å². The van der Waals surface area contributed by atoms with Gasteiger partial charge in [0.05, 0.1) is 6.61 Å². The molecule has 1 amide bonds. The molecule has 0 spiro atoms. The lowest BCUT2D eigenvalue weighted by molar-refractivity contribution is -0.138. The average molecular weight is 269 g/mol. The number of likely N-dealkylation sites (tertiary alicyclic amines) is 1. The van der Waals surface area contributed by atoms with Crippen LogP contribution >= 0.6 is 0 Å². The summed E-state index contributed by atoms with van der Waals surface area (Å²) in [7, 11) is 0. The van der Waals surface area contributed by atoms with E-state index in [1.165, 1.54) is 6.42 Å². The lowest BCUT2D eigenvalue weighted by Crippen LogP contribution is -2.37. The SMILES string of the molecule is CCOC(=O)C(C)=CC(C)OC(=O)N1CCCCC1. The van der Waals surface area contributed by atoms with Crippen molar-refractivity contribution in [3.05, 3.63) is 11.6 Å². The molecule has 0 aliphatic carbocycles. The van der Waals surface area contributed by atoms with Gasteiger partial charge in [-0.2, -0.15) is 0 Å². The number of nitrogens with zero attached hydrogens (tertiary/aromatic N) is 1. The molecule has 1 fully saturated rings. The second kappa shape index (κ2) is 7.81. The molecule has 0 bridgehead atoms. The van der Waals surface area contributed by atoms with E-state index < -0.39 is 6.10 Å². The molecule has 108 valence electrons. The summed E-state index contributed by atoms with van der Waals surface area (Å²) in [5.41, 5.74) is 0.459. The normalized spacial score (nSPS) is 17.8. The van der Waals surface area contributed by atoms with Crippen molar-refractivity contribution < 1.29 is 19.1 Å². The van der Waals surface area contributed by atoms with E-state index in [2.05, 4.69) is 0 Å². The number of esters is 1. The van der Waals surface area contributed by atoms with Crippen LogP contribution in [0.1, 0.15) is 40.0 Å². The van der Waals surface area contributed by atoms with E-state index in [1.54, 1.807) is 31.7 Å². The number of hydrogen-bond acceptors (Lipinski definition) is 4. The van der Waals surface area contributed by atoms with Gasteiger partial charge < -0.3 is 14.4 Å². The fourth-order valence-electron chi connectivity index (χ4n) is 2.01. The van der Waals surface area contributed by atoms with E-state index in [4.69, 9.17) is 9.47 Å². The van der Waals surface area contributed by atoms with E-state index in [0.717, 1.165) is 25.9 Å². The number of rotatable bonds is 4. The Labute approximate surface area is 114 Å². The standard InChI is InChI=1S/C14H23NO4/c1-4-18-13(16)11(2)10-12(3)19-14(17)15-8-6-5-7-9-15/h10,12H,4-9H2,1-3H3. The number of carbonyl (C=O) groups is 2. The molecule has 0 aromatic carbocycles. The maximum atomic E-state index is 11.8. The monoisotopic (exact) mass is 269 g/mol. The van der Waals surface area contributed by atoms with Crippen LogP contribution in [0.2, 0.25) is 0 Å². The average Bonchev–Trinajstić information content (AvgIpc) is 2.39. The van der Waals surface area contributed by atoms with Crippen LogP contribution in [-0.2, 0) is 14.3 Å². The molecule has 1 rings (SSSR count). The highest BCUT2D eigenvalue weighted by Gasteiger charge is 2.19. The number of carbonyl (C=O) groups excluding carboxylic acids is 2. The first-order valence-corrected chi connectivity index (χ1v) is 6.85. The largest absolute Gasteiger partial charge is 0.463 e. The minimum absolute atomic E-state index is 0.305. The zero-order valence-corrected chi connectivity index (χ0v) is 12.0. The maximum absolute atomic E-state index is 11.8. The van der Waals surface area contributed by atoms with E-state index in [-0.39, 0.29) is 12.1 Å². The first-order valence-electron chi connectivity index (χ1n) is 6.85. The maximum Gasteiger partial charge on any atom is 0.410 e. The summed E-state index contributed by atoms with van der Waals surface area (Å²) in [5.74, 6) is -0.372. The molecule has 1 unspecified atom stereocenters. The van der Waals surface area contributed by atoms with Crippen LogP contribution in [0.3, 0.4) is 0 Å². The van der Waals surface area contributed by atoms with Gasteiger partial charge in [0.2, 0.25) is 0 Å². The van der Waals surface area contributed by atoms with Crippen molar-refractivity contribution in [2.75, 3.05) is 19.7 Å². The van der Waals surface area contributed by atoms with Gasteiger partial charge in [0.25, 0.3) is 0 Å². The highest BCUT2D eigenvalue weighted by molar-refractivity contribution is 5.87. The first-order chi connectivity index (χ1) is 9.04. The van der Waals surface area contributed by atoms with Gasteiger partial charge in [0, 0.05) is 18.7 Å². The van der Waals surface area contributed by atoms with E-state index >= 15 is 0 Å². The van der Waals surface area contributed by atoms with Gasteiger partial charge in [-0.3, -0.25) is 0 Å². The minimum atomic E-state index is -0.432. The Kier molecular flexibility index (Phi) is 6.39. The molecule has 0 radical (unpaired) electrons. The molecule has 0 aromatic rings. The Morgan fingerprint density at radius 1 is 1.26 bits per heavy atom. The molecule has 5 nitrogen and oxygen atoms in total. The predicted molar refractivity (Wildman–Crippen MR) is 71.8 cm³/mol. The summed E-state index contributed by atoms with van der Waals surface area (Å²) in [6, 6.07) is 0. The third-order valence-electron chi connectivity index (χ3n) is 2.98. The van der Waals surface area contributed by atoms with Crippen molar-refractivity contribution in [2.24, 2.45) is 0 Å². The Morgan fingerprint density at radius 3 is 2.47 bits per heavy atom. The van der Waals surface area contributed by atoms with Crippen molar-refractivity contribution in [3.8, 4) is 0 Å². The zero-order chi connectivity index (χ0) is 14.3. The van der Waals surface area contributed by atoms with Crippen LogP contribution in [0.25, 0.3) is 0 Å². The highest BCUT2D eigenvalue weighted by Crippen LogP contribution is 2.11. The van der Waals surface area contributed by atoms with E-state index in [0.29, 0.717) is 12.2 Å². The third-order valence-corrected chi connectivity index (χ3v) is 2.98. The fourth-order valence-corrected chi connectivity index (χ4v) is 2.01. The van der Waals surface area contributed by atoms with Gasteiger partial charge in [-0.25, -0.2) is 9.59 Å². The van der Waals surface area contributed by atoms with Crippen molar-refractivity contribution in [1.29, 1.82) is 0 Å². The number of hydrogen-bond donors (Lipinski definition) is 0. The number of amides is 1. The van der Waals surface area contributed by atoms with Gasteiger partial charge in [0.15, 0.2) is 0 Å². The summed E-state index contributed by atoms with van der Waals surface area (Å²) in [5, 5.41) is 0. The van der Waals surface area contributed by atoms with Gasteiger partial charge >= 0.3 is 12.1 Å². The molecule has 1 atom stereocenters. The van der Waals surface area contributed by atoms with Gasteiger partial charge in [0.1, 0.15) is 6.10 Å². The first kappa shape index (κ1) is 15.5. The van der Waals surface area contributed by atoms with Crippen LogP contribution in [0.4, 0.5) is 4.79 Å². The smallest absolute Gasteiger partial charge is 0.410 e. The van der Waals surface area contributed by atoms with Crippen LogP contribution < -0.4 is 0 Å². The Balaban J connectivity index is 2.44. The topological polar surface area (TPSA) is 55.8 Å². The van der Waals surface area contributed by atoms with Crippen molar-refractivity contribution in [2.45, 2.75) is 46.1 Å². The summed E-state index contributed by atoms with van der Waals surface area (Å²) in [4.78, 5) is 25.0. The fraction of sp³-hybridized carbons (Fsp3) is 0.714. The predicted octanol–water partition coefficient (Wildman–Crippen LogP) is 2.51. The lowest BCUT2D eigenvalue weighted by atomic mass is 10.1. The molecule has 1 heterocycles. The summed E-state index contributed by atoms with van der Waals surface area (Å²) < 4.78 is 10.2. The van der Waals surface area contributed by atoms with Crippen LogP contribution in [0, 0.1) is 0 Å². The van der Waals surface area contributed by atoms with Crippen molar-refractivity contribution in [1.82, 2.24) is 4.90 Å². The molecule has 5 heteroatoms. The van der Waals surface area contributed by atoms with E-state index in [9.17, 15) is 9.59 Å². The minimum Gasteiger partial charge on any atom is -0.463 e. The Bertz CT molecular complexity index is 345. The summed E-state index contributed by atoms with van der Waals surface area (Å²) >= 11 is 0. The molecule has 0 saturated carbocycles. The second-order valence-electron chi connectivity index (χ2n) is 4.71. The van der Waals surface area contributed by atoms with Crippen molar-refractivity contribution in [3.63, 3.8) is 0 Å². The molecule has 0 N–H and O–H groups in total. The molecule has 1 aliphatic heterocycles. The van der Waals surface area contributed by atoms with E-state index in [1.807, 2.05) is 0 Å². The number of piperidine rings is 1. The van der Waals surface area contributed by atoms with Crippen LogP contribution in [0.5, 0.6) is 0 Å². The molecule has 0 aromatic heterocycles. The van der Waals surface area contributed by atoms with Gasteiger partial charge in [-0.05, 0) is 46.1 Å². The lowest BCUT2D eigenvalue weighted by Gasteiger charge is -2.26. The molecule has 1 saturated heterocycles. The van der Waals surface area contributed by atoms with Gasteiger partial charge in [-0.1, -0.05) is 0 Å². The second-order valence-corrected chi connectivity index (χ2v) is 4.71. The molecular formula is C14H23NO4. The summed E-state index contributed by atoms with van der Waals surface area (Å²) in [6.07, 6.45) is 4.10. The molecule has 19 heavy (non-hydrogen) atoms.